The summed E-state index contributed by atoms with van der Waals surface area (Å²) in [5.41, 5.74) is 2.79. The van der Waals surface area contributed by atoms with E-state index in [1.165, 1.54) is 22.6 Å². The first-order valence-corrected chi connectivity index (χ1v) is 7.20. The SMILES string of the molecule is CCSCC(C)NC(C)c1ccccc1C. The molecule has 0 aromatic heterocycles. The van der Waals surface area contributed by atoms with Crippen molar-refractivity contribution in [3.63, 3.8) is 0 Å². The molecule has 0 fully saturated rings. The molecule has 90 valence electrons. The first kappa shape index (κ1) is 13.6. The molecule has 2 unspecified atom stereocenters. The first-order chi connectivity index (χ1) is 7.65. The molecule has 0 bridgehead atoms. The van der Waals surface area contributed by atoms with Crippen LogP contribution in [0.5, 0.6) is 0 Å². The van der Waals surface area contributed by atoms with E-state index in [0.29, 0.717) is 12.1 Å². The van der Waals surface area contributed by atoms with E-state index in [1.807, 2.05) is 11.8 Å². The third kappa shape index (κ3) is 4.18. The van der Waals surface area contributed by atoms with Gasteiger partial charge in [-0.1, -0.05) is 31.2 Å². The number of thioether (sulfide) groups is 1. The van der Waals surface area contributed by atoms with Gasteiger partial charge >= 0.3 is 0 Å². The van der Waals surface area contributed by atoms with Gasteiger partial charge in [0.2, 0.25) is 0 Å². The molecule has 2 atom stereocenters. The van der Waals surface area contributed by atoms with Crippen LogP contribution in [-0.4, -0.2) is 17.5 Å². The molecule has 1 aromatic carbocycles. The molecule has 0 spiro atoms. The minimum absolute atomic E-state index is 0.439. The Bertz CT molecular complexity index is 311. The fraction of sp³-hybridized carbons (Fsp3) is 0.571. The van der Waals surface area contributed by atoms with E-state index in [1.54, 1.807) is 0 Å². The molecule has 0 saturated heterocycles. The summed E-state index contributed by atoms with van der Waals surface area (Å²) >= 11 is 2.00. The highest BCUT2D eigenvalue weighted by Crippen LogP contribution is 2.17. The van der Waals surface area contributed by atoms with Crippen LogP contribution in [0.4, 0.5) is 0 Å². The van der Waals surface area contributed by atoms with Crippen LogP contribution in [0.3, 0.4) is 0 Å². The Morgan fingerprint density at radius 2 is 1.94 bits per heavy atom. The Balaban J connectivity index is 2.52. The van der Waals surface area contributed by atoms with Crippen molar-refractivity contribution in [2.45, 2.75) is 39.8 Å². The molecule has 0 saturated carbocycles. The van der Waals surface area contributed by atoms with Gasteiger partial charge in [-0.05, 0) is 37.7 Å². The molecule has 1 rings (SSSR count). The molecular weight excluding hydrogens is 214 g/mol. The standard InChI is InChI=1S/C14H23NS/c1-5-16-10-12(3)15-13(4)14-9-7-6-8-11(14)2/h6-9,12-13,15H,5,10H2,1-4H3. The fourth-order valence-corrected chi connectivity index (χ4v) is 2.62. The normalized spacial score (nSPS) is 14.8. The van der Waals surface area contributed by atoms with E-state index in [0.717, 1.165) is 0 Å². The minimum Gasteiger partial charge on any atom is -0.307 e. The number of benzene rings is 1. The Hall–Kier alpha value is -0.470. The summed E-state index contributed by atoms with van der Waals surface area (Å²) in [6.07, 6.45) is 0. The zero-order valence-electron chi connectivity index (χ0n) is 10.8. The summed E-state index contributed by atoms with van der Waals surface area (Å²) in [7, 11) is 0. The second-order valence-electron chi connectivity index (χ2n) is 4.31. The average Bonchev–Trinajstić information content (AvgIpc) is 2.26. The number of hydrogen-bond donors (Lipinski definition) is 1. The van der Waals surface area contributed by atoms with Gasteiger partial charge in [0.1, 0.15) is 0 Å². The maximum atomic E-state index is 3.65. The lowest BCUT2D eigenvalue weighted by Gasteiger charge is -2.21. The van der Waals surface area contributed by atoms with Gasteiger partial charge in [-0.2, -0.15) is 11.8 Å². The second-order valence-corrected chi connectivity index (χ2v) is 5.62. The van der Waals surface area contributed by atoms with Crippen molar-refractivity contribution in [2.75, 3.05) is 11.5 Å². The zero-order valence-corrected chi connectivity index (χ0v) is 11.6. The van der Waals surface area contributed by atoms with Crippen molar-refractivity contribution >= 4 is 11.8 Å². The predicted molar refractivity (Wildman–Crippen MR) is 75.2 cm³/mol. The van der Waals surface area contributed by atoms with Crippen molar-refractivity contribution in [2.24, 2.45) is 0 Å². The molecule has 0 radical (unpaired) electrons. The quantitative estimate of drug-likeness (QED) is 0.808. The van der Waals surface area contributed by atoms with Crippen LogP contribution in [0.1, 0.15) is 37.9 Å². The maximum absolute atomic E-state index is 3.65. The minimum atomic E-state index is 0.439. The van der Waals surface area contributed by atoms with Gasteiger partial charge in [0.05, 0.1) is 0 Å². The summed E-state index contributed by atoms with van der Waals surface area (Å²) in [5.74, 6) is 2.39. The molecule has 0 aliphatic rings. The molecule has 2 heteroatoms. The van der Waals surface area contributed by atoms with Crippen LogP contribution in [0.2, 0.25) is 0 Å². The Labute approximate surface area is 104 Å². The van der Waals surface area contributed by atoms with Crippen LogP contribution in [0.15, 0.2) is 24.3 Å². The van der Waals surface area contributed by atoms with Crippen LogP contribution in [0.25, 0.3) is 0 Å². The van der Waals surface area contributed by atoms with E-state index in [4.69, 9.17) is 0 Å². The fourth-order valence-electron chi connectivity index (χ4n) is 1.93. The molecule has 0 aliphatic carbocycles. The summed E-state index contributed by atoms with van der Waals surface area (Å²) in [6, 6.07) is 9.62. The maximum Gasteiger partial charge on any atom is 0.0297 e. The topological polar surface area (TPSA) is 12.0 Å². The molecular formula is C14H23NS. The number of aryl methyl sites for hydroxylation is 1. The Morgan fingerprint density at radius 1 is 1.25 bits per heavy atom. The summed E-state index contributed by atoms with van der Waals surface area (Å²) in [5, 5.41) is 3.65. The molecule has 0 aliphatic heterocycles. The van der Waals surface area contributed by atoms with Gasteiger partial charge in [-0.3, -0.25) is 0 Å². The molecule has 1 N–H and O–H groups in total. The van der Waals surface area contributed by atoms with Gasteiger partial charge in [0.15, 0.2) is 0 Å². The molecule has 1 aromatic rings. The smallest absolute Gasteiger partial charge is 0.0297 e. The third-order valence-corrected chi connectivity index (χ3v) is 3.91. The number of hydrogen-bond acceptors (Lipinski definition) is 2. The van der Waals surface area contributed by atoms with Crippen molar-refractivity contribution in [3.8, 4) is 0 Å². The lowest BCUT2D eigenvalue weighted by molar-refractivity contribution is 0.509. The first-order valence-electron chi connectivity index (χ1n) is 6.04. The van der Waals surface area contributed by atoms with Crippen LogP contribution in [0, 0.1) is 6.92 Å². The van der Waals surface area contributed by atoms with Gasteiger partial charge < -0.3 is 5.32 Å². The van der Waals surface area contributed by atoms with E-state index in [2.05, 4.69) is 57.3 Å². The van der Waals surface area contributed by atoms with E-state index in [-0.39, 0.29) is 0 Å². The van der Waals surface area contributed by atoms with Crippen LogP contribution in [-0.2, 0) is 0 Å². The van der Waals surface area contributed by atoms with Crippen LogP contribution >= 0.6 is 11.8 Å². The largest absolute Gasteiger partial charge is 0.307 e. The third-order valence-electron chi connectivity index (χ3n) is 2.76. The van der Waals surface area contributed by atoms with Gasteiger partial charge in [-0.25, -0.2) is 0 Å². The number of nitrogens with one attached hydrogen (secondary N) is 1. The second kappa shape index (κ2) is 6.97. The van der Waals surface area contributed by atoms with Gasteiger partial charge in [-0.15, -0.1) is 0 Å². The number of rotatable bonds is 6. The molecule has 0 heterocycles. The van der Waals surface area contributed by atoms with Crippen LogP contribution < -0.4 is 5.32 Å². The lowest BCUT2D eigenvalue weighted by atomic mass is 10.0. The molecule has 1 nitrogen and oxygen atoms in total. The van der Waals surface area contributed by atoms with Gasteiger partial charge in [0.25, 0.3) is 0 Å². The summed E-state index contributed by atoms with van der Waals surface area (Å²) in [4.78, 5) is 0. The molecule has 0 amide bonds. The van der Waals surface area contributed by atoms with Crippen molar-refractivity contribution in [1.82, 2.24) is 5.32 Å². The monoisotopic (exact) mass is 237 g/mol. The Morgan fingerprint density at radius 3 is 2.56 bits per heavy atom. The van der Waals surface area contributed by atoms with Crippen molar-refractivity contribution < 1.29 is 0 Å². The summed E-state index contributed by atoms with van der Waals surface area (Å²) < 4.78 is 0. The van der Waals surface area contributed by atoms with E-state index >= 15 is 0 Å². The molecule has 16 heavy (non-hydrogen) atoms. The highest BCUT2D eigenvalue weighted by atomic mass is 32.2. The highest BCUT2D eigenvalue weighted by Gasteiger charge is 2.10. The zero-order chi connectivity index (χ0) is 12.0. The highest BCUT2D eigenvalue weighted by molar-refractivity contribution is 7.99. The van der Waals surface area contributed by atoms with E-state index < -0.39 is 0 Å². The van der Waals surface area contributed by atoms with Gasteiger partial charge in [0, 0.05) is 17.8 Å². The van der Waals surface area contributed by atoms with E-state index in [9.17, 15) is 0 Å². The predicted octanol–water partition coefficient (Wildman–Crippen LogP) is 3.79. The average molecular weight is 237 g/mol. The van der Waals surface area contributed by atoms with Crippen molar-refractivity contribution in [1.29, 1.82) is 0 Å². The summed E-state index contributed by atoms with van der Waals surface area (Å²) in [6.45, 7) is 8.90. The lowest BCUT2D eigenvalue weighted by Crippen LogP contribution is -2.31. The Kier molecular flexibility index (Phi) is 5.93. The van der Waals surface area contributed by atoms with Crippen molar-refractivity contribution in [3.05, 3.63) is 35.4 Å².